The minimum Gasteiger partial charge on any atom is -0.341 e. The molecular formula is C34H30F6N2O2. The van der Waals surface area contributed by atoms with Gasteiger partial charge in [-0.15, -0.1) is 0 Å². The Morgan fingerprint density at radius 3 is 1.52 bits per heavy atom. The molecule has 0 fully saturated rings. The van der Waals surface area contributed by atoms with Crippen LogP contribution in [-0.4, -0.2) is 41.8 Å². The van der Waals surface area contributed by atoms with E-state index < -0.39 is 46.9 Å². The maximum absolute atomic E-state index is 13.8. The van der Waals surface area contributed by atoms with Gasteiger partial charge in [0.15, 0.2) is 0 Å². The molecule has 4 nitrogen and oxygen atoms in total. The number of amides is 2. The highest BCUT2D eigenvalue weighted by Crippen LogP contribution is 2.38. The highest BCUT2D eigenvalue weighted by atomic mass is 19.4. The lowest BCUT2D eigenvalue weighted by molar-refractivity contribution is -0.143. The fourth-order valence-electron chi connectivity index (χ4n) is 5.15. The van der Waals surface area contributed by atoms with Crippen molar-refractivity contribution in [3.63, 3.8) is 0 Å². The third-order valence-corrected chi connectivity index (χ3v) is 7.43. The monoisotopic (exact) mass is 612 g/mol. The number of halogens is 6. The van der Waals surface area contributed by atoms with Gasteiger partial charge in [-0.1, -0.05) is 91.0 Å². The number of benzene rings is 4. The van der Waals surface area contributed by atoms with E-state index >= 15 is 0 Å². The summed E-state index contributed by atoms with van der Waals surface area (Å²) in [6.45, 7) is 0.258. The van der Waals surface area contributed by atoms with Gasteiger partial charge in [-0.05, 0) is 34.9 Å². The lowest BCUT2D eigenvalue weighted by atomic mass is 9.82. The van der Waals surface area contributed by atoms with E-state index in [0.717, 1.165) is 10.5 Å². The normalized spacial score (nSPS) is 12.6. The molecule has 4 aromatic carbocycles. The van der Waals surface area contributed by atoms with Gasteiger partial charge in [0.1, 0.15) is 0 Å². The maximum Gasteiger partial charge on any atom is 0.416 e. The van der Waals surface area contributed by atoms with Crippen molar-refractivity contribution >= 4 is 11.8 Å². The van der Waals surface area contributed by atoms with Crippen LogP contribution >= 0.6 is 0 Å². The van der Waals surface area contributed by atoms with Crippen LogP contribution in [0.15, 0.2) is 109 Å². The topological polar surface area (TPSA) is 40.6 Å². The van der Waals surface area contributed by atoms with Gasteiger partial charge in [0, 0.05) is 38.5 Å². The second-order valence-corrected chi connectivity index (χ2v) is 10.5. The Labute approximate surface area is 251 Å². The van der Waals surface area contributed by atoms with Crippen LogP contribution in [0, 0.1) is 0 Å². The van der Waals surface area contributed by atoms with Gasteiger partial charge in [0.25, 0.3) is 5.91 Å². The number of rotatable bonds is 9. The average Bonchev–Trinajstić information content (AvgIpc) is 3.00. The van der Waals surface area contributed by atoms with Crippen LogP contribution in [0.4, 0.5) is 26.3 Å². The highest BCUT2D eigenvalue weighted by Gasteiger charge is 2.39. The van der Waals surface area contributed by atoms with Gasteiger partial charge in [-0.2, -0.15) is 26.3 Å². The van der Waals surface area contributed by atoms with Crippen molar-refractivity contribution in [2.75, 3.05) is 14.1 Å². The Morgan fingerprint density at radius 2 is 1.09 bits per heavy atom. The van der Waals surface area contributed by atoms with Crippen LogP contribution in [0.25, 0.3) is 0 Å². The lowest BCUT2D eigenvalue weighted by Gasteiger charge is -2.36. The Hall–Kier alpha value is -4.60. The second-order valence-electron chi connectivity index (χ2n) is 10.5. The summed E-state index contributed by atoms with van der Waals surface area (Å²) < 4.78 is 81.8. The van der Waals surface area contributed by atoms with E-state index in [0.29, 0.717) is 23.3 Å². The number of alkyl halides is 6. The number of carbonyl (C=O) groups is 2. The molecule has 0 saturated heterocycles. The SMILES string of the molecule is CN(Cc1ccccc1)C(=O)CC(C(c1ccccc1)c1ccccc1)N(C)C(=O)c1cc(C(F)(F)F)cc(C(F)(F)F)c1. The van der Waals surface area contributed by atoms with Crippen molar-refractivity contribution in [1.82, 2.24) is 9.80 Å². The van der Waals surface area contributed by atoms with E-state index in [1.54, 1.807) is 67.7 Å². The molecule has 0 aliphatic rings. The third kappa shape index (κ3) is 7.86. The van der Waals surface area contributed by atoms with Crippen molar-refractivity contribution in [2.24, 2.45) is 0 Å². The highest BCUT2D eigenvalue weighted by molar-refractivity contribution is 5.95. The largest absolute Gasteiger partial charge is 0.416 e. The first kappa shape index (κ1) is 32.3. The molecule has 1 atom stereocenters. The average molecular weight is 613 g/mol. The molecule has 0 aliphatic heterocycles. The van der Waals surface area contributed by atoms with Crippen LogP contribution in [0.1, 0.15) is 50.5 Å². The Bertz CT molecular complexity index is 1490. The van der Waals surface area contributed by atoms with Crippen LogP contribution in [0.5, 0.6) is 0 Å². The van der Waals surface area contributed by atoms with Crippen molar-refractivity contribution in [1.29, 1.82) is 0 Å². The first-order valence-electron chi connectivity index (χ1n) is 13.7. The summed E-state index contributed by atoms with van der Waals surface area (Å²) in [6, 6.07) is 26.9. The molecule has 0 radical (unpaired) electrons. The standard InChI is InChI=1S/C34H30F6N2O2/c1-41(22-23-12-6-3-7-13-23)30(43)21-29(31(24-14-8-4-9-15-24)25-16-10-5-11-17-25)42(2)32(44)26-18-27(33(35,36)37)20-28(19-26)34(38,39)40/h3-20,29,31H,21-22H2,1-2H3. The molecule has 0 bridgehead atoms. The summed E-state index contributed by atoms with van der Waals surface area (Å²) >= 11 is 0. The number of hydrogen-bond donors (Lipinski definition) is 0. The van der Waals surface area contributed by atoms with Crippen molar-refractivity contribution < 1.29 is 35.9 Å². The first-order chi connectivity index (χ1) is 20.8. The van der Waals surface area contributed by atoms with E-state index in [-0.39, 0.29) is 24.9 Å². The summed E-state index contributed by atoms with van der Waals surface area (Å²) in [5, 5.41) is 0. The van der Waals surface area contributed by atoms with Crippen molar-refractivity contribution in [3.05, 3.63) is 143 Å². The zero-order chi connectivity index (χ0) is 32.1. The van der Waals surface area contributed by atoms with E-state index in [4.69, 9.17) is 0 Å². The summed E-state index contributed by atoms with van der Waals surface area (Å²) in [5.41, 5.74) is -1.70. The molecule has 230 valence electrons. The van der Waals surface area contributed by atoms with E-state index in [1.807, 2.05) is 30.3 Å². The van der Waals surface area contributed by atoms with E-state index in [1.165, 1.54) is 11.9 Å². The summed E-state index contributed by atoms with van der Waals surface area (Å²) in [4.78, 5) is 30.0. The molecule has 0 N–H and O–H groups in total. The minimum absolute atomic E-state index is 0.0208. The number of nitrogens with zero attached hydrogens (tertiary/aromatic N) is 2. The fraction of sp³-hybridized carbons (Fsp3) is 0.235. The Morgan fingerprint density at radius 1 is 0.659 bits per heavy atom. The van der Waals surface area contributed by atoms with Gasteiger partial charge in [0.05, 0.1) is 17.2 Å². The molecule has 1 unspecified atom stereocenters. The quantitative estimate of drug-likeness (QED) is 0.180. The van der Waals surface area contributed by atoms with Crippen molar-refractivity contribution in [3.8, 4) is 0 Å². The molecule has 10 heteroatoms. The molecule has 0 aromatic heterocycles. The fourth-order valence-corrected chi connectivity index (χ4v) is 5.15. The molecule has 0 saturated carbocycles. The van der Waals surface area contributed by atoms with Gasteiger partial charge in [-0.3, -0.25) is 9.59 Å². The Kier molecular flexibility index (Phi) is 9.81. The zero-order valence-corrected chi connectivity index (χ0v) is 23.9. The first-order valence-corrected chi connectivity index (χ1v) is 13.7. The predicted molar refractivity (Wildman–Crippen MR) is 155 cm³/mol. The molecular weight excluding hydrogens is 582 g/mol. The number of likely N-dealkylation sites (N-methyl/N-ethyl adjacent to an activating group) is 1. The molecule has 2 amide bonds. The van der Waals surface area contributed by atoms with Gasteiger partial charge in [0.2, 0.25) is 5.91 Å². The van der Waals surface area contributed by atoms with E-state index in [9.17, 15) is 35.9 Å². The summed E-state index contributed by atoms with van der Waals surface area (Å²) in [7, 11) is 2.89. The minimum atomic E-state index is -5.12. The molecule has 0 spiro atoms. The lowest BCUT2D eigenvalue weighted by Crippen LogP contribution is -2.45. The summed E-state index contributed by atoms with van der Waals surface area (Å²) in [6.07, 6.45) is -10.5. The van der Waals surface area contributed by atoms with Crippen molar-refractivity contribution in [2.45, 2.75) is 37.3 Å². The molecule has 44 heavy (non-hydrogen) atoms. The number of carbonyl (C=O) groups excluding carboxylic acids is 2. The zero-order valence-electron chi connectivity index (χ0n) is 23.9. The summed E-state index contributed by atoms with van der Waals surface area (Å²) in [5.74, 6) is -2.09. The molecule has 0 heterocycles. The smallest absolute Gasteiger partial charge is 0.341 e. The van der Waals surface area contributed by atoms with Gasteiger partial charge >= 0.3 is 12.4 Å². The molecule has 4 aromatic rings. The molecule has 4 rings (SSSR count). The molecule has 0 aliphatic carbocycles. The predicted octanol–water partition coefficient (Wildman–Crippen LogP) is 8.05. The van der Waals surface area contributed by atoms with E-state index in [2.05, 4.69) is 0 Å². The van der Waals surface area contributed by atoms with Crippen LogP contribution < -0.4 is 0 Å². The van der Waals surface area contributed by atoms with Crippen LogP contribution in [0.2, 0.25) is 0 Å². The Balaban J connectivity index is 1.80. The second kappa shape index (κ2) is 13.4. The number of hydrogen-bond acceptors (Lipinski definition) is 2. The van der Waals surface area contributed by atoms with Crippen LogP contribution in [-0.2, 0) is 23.7 Å². The van der Waals surface area contributed by atoms with Gasteiger partial charge in [-0.25, -0.2) is 0 Å². The maximum atomic E-state index is 13.8. The van der Waals surface area contributed by atoms with Gasteiger partial charge < -0.3 is 9.80 Å². The third-order valence-electron chi connectivity index (χ3n) is 7.43. The van der Waals surface area contributed by atoms with Crippen LogP contribution in [0.3, 0.4) is 0 Å².